The van der Waals surface area contributed by atoms with Crippen LogP contribution in [0.2, 0.25) is 33.0 Å². The molecule has 0 saturated heterocycles. The van der Waals surface area contributed by atoms with E-state index in [1.807, 2.05) is 0 Å². The van der Waals surface area contributed by atoms with Crippen molar-refractivity contribution in [3.63, 3.8) is 0 Å². The third kappa shape index (κ3) is 9.30. The molecule has 0 aliphatic heterocycles. The van der Waals surface area contributed by atoms with Gasteiger partial charge in [0.2, 0.25) is 0 Å². The van der Waals surface area contributed by atoms with E-state index in [9.17, 15) is 0 Å². The van der Waals surface area contributed by atoms with Crippen molar-refractivity contribution >= 4 is 26.7 Å². The summed E-state index contributed by atoms with van der Waals surface area (Å²) in [6.07, 6.45) is 8.35. The van der Waals surface area contributed by atoms with E-state index in [4.69, 9.17) is 4.43 Å². The van der Waals surface area contributed by atoms with Crippen molar-refractivity contribution in [2.45, 2.75) is 117 Å². The molecule has 140 valence electrons. The molecule has 1 atom stereocenters. The summed E-state index contributed by atoms with van der Waals surface area (Å²) in [7, 11) is -1.51. The monoisotopic (exact) mass is 450 g/mol. The Morgan fingerprint density at radius 1 is 0.783 bits per heavy atom. The van der Waals surface area contributed by atoms with Crippen molar-refractivity contribution in [2.24, 2.45) is 5.41 Å². The summed E-state index contributed by atoms with van der Waals surface area (Å²) in [4.78, 5) is 0. The van der Waals surface area contributed by atoms with Gasteiger partial charge in [0, 0.05) is 0 Å². The van der Waals surface area contributed by atoms with Crippen LogP contribution in [0.1, 0.15) is 80.1 Å². The standard InChI is InChI=1S/C8H19OSi.3C4H9.Sn/c1-8(2,3)7-9-10(4,5)6;3*1-3-4-2;/h7H,1-6H3;3*1,3-4H2,2H3;. The molecule has 0 aromatic carbocycles. The molecule has 0 aromatic rings. The Bertz CT molecular complexity index is 282. The summed E-state index contributed by atoms with van der Waals surface area (Å²) in [6, 6.07) is 0. The van der Waals surface area contributed by atoms with Crippen LogP contribution < -0.4 is 0 Å². The van der Waals surface area contributed by atoms with Crippen molar-refractivity contribution in [3.05, 3.63) is 0 Å². The Kier molecular flexibility index (Phi) is 11.3. The minimum absolute atomic E-state index is 0.311. The normalized spacial score (nSPS) is 15.0. The van der Waals surface area contributed by atoms with Crippen LogP contribution in [0.25, 0.3) is 0 Å². The molecular formula is C20H46OSiSn. The third-order valence-electron chi connectivity index (χ3n) is 4.90. The van der Waals surface area contributed by atoms with Gasteiger partial charge in [0.05, 0.1) is 0 Å². The van der Waals surface area contributed by atoms with E-state index in [1.54, 1.807) is 13.3 Å². The Morgan fingerprint density at radius 3 is 1.35 bits per heavy atom. The van der Waals surface area contributed by atoms with E-state index < -0.39 is 26.7 Å². The molecule has 0 amide bonds. The average molecular weight is 449 g/mol. The quantitative estimate of drug-likeness (QED) is 0.278. The molecular weight excluding hydrogens is 403 g/mol. The van der Waals surface area contributed by atoms with Crippen LogP contribution >= 0.6 is 0 Å². The molecule has 0 rings (SSSR count). The molecule has 0 aromatic heterocycles. The summed E-state index contributed by atoms with van der Waals surface area (Å²) in [5.41, 5.74) is 0.311. The second-order valence-electron chi connectivity index (χ2n) is 9.65. The van der Waals surface area contributed by atoms with E-state index in [0.717, 1.165) is 0 Å². The van der Waals surface area contributed by atoms with E-state index in [2.05, 4.69) is 61.2 Å². The summed E-state index contributed by atoms with van der Waals surface area (Å²) in [5, 5.41) is 0. The molecule has 0 radical (unpaired) electrons. The first-order valence-corrected chi connectivity index (χ1v) is 21.3. The van der Waals surface area contributed by atoms with Crippen LogP contribution in [0.3, 0.4) is 0 Å². The van der Waals surface area contributed by atoms with Crippen molar-refractivity contribution in [1.29, 1.82) is 0 Å². The van der Waals surface area contributed by atoms with Gasteiger partial charge in [0.1, 0.15) is 0 Å². The molecule has 0 spiro atoms. The van der Waals surface area contributed by atoms with Gasteiger partial charge >= 0.3 is 154 Å². The van der Waals surface area contributed by atoms with Gasteiger partial charge in [-0.15, -0.1) is 0 Å². The van der Waals surface area contributed by atoms with Crippen molar-refractivity contribution in [2.75, 3.05) is 0 Å². The molecule has 1 unspecified atom stereocenters. The van der Waals surface area contributed by atoms with Gasteiger partial charge in [0.15, 0.2) is 0 Å². The zero-order valence-electron chi connectivity index (χ0n) is 17.8. The van der Waals surface area contributed by atoms with Crippen LogP contribution in [-0.4, -0.2) is 30.8 Å². The van der Waals surface area contributed by atoms with Gasteiger partial charge in [0.25, 0.3) is 0 Å². The van der Waals surface area contributed by atoms with Gasteiger partial charge in [-0.05, 0) is 0 Å². The fourth-order valence-corrected chi connectivity index (χ4v) is 29.1. The number of hydrogen-bond donors (Lipinski definition) is 0. The van der Waals surface area contributed by atoms with Crippen LogP contribution in [0, 0.1) is 5.41 Å². The topological polar surface area (TPSA) is 9.23 Å². The molecule has 3 heteroatoms. The third-order valence-corrected chi connectivity index (χ3v) is 24.1. The fraction of sp³-hybridized carbons (Fsp3) is 1.00. The van der Waals surface area contributed by atoms with E-state index in [-0.39, 0.29) is 0 Å². The summed E-state index contributed by atoms with van der Waals surface area (Å²) in [5.74, 6) is 0. The Morgan fingerprint density at radius 2 is 1.13 bits per heavy atom. The molecule has 0 fully saturated rings. The zero-order valence-corrected chi connectivity index (χ0v) is 21.7. The van der Waals surface area contributed by atoms with Gasteiger partial charge in [-0.2, -0.15) is 0 Å². The van der Waals surface area contributed by atoms with Crippen molar-refractivity contribution in [1.82, 2.24) is 0 Å². The van der Waals surface area contributed by atoms with E-state index in [0.29, 0.717) is 9.53 Å². The molecule has 0 bridgehead atoms. The summed E-state index contributed by atoms with van der Waals surface area (Å²) >= 11 is -2.34. The fourth-order valence-electron chi connectivity index (χ4n) is 3.93. The van der Waals surface area contributed by atoms with Crippen molar-refractivity contribution < 1.29 is 4.43 Å². The first-order valence-electron chi connectivity index (χ1n) is 10.2. The number of hydrogen-bond acceptors (Lipinski definition) is 1. The first-order chi connectivity index (χ1) is 10.5. The summed E-state index contributed by atoms with van der Waals surface area (Å²) < 4.78 is 12.3. The van der Waals surface area contributed by atoms with Crippen LogP contribution in [0.5, 0.6) is 0 Å². The molecule has 1 nitrogen and oxygen atoms in total. The second kappa shape index (κ2) is 10.9. The first kappa shape index (κ1) is 24.0. The average Bonchev–Trinajstić information content (AvgIpc) is 2.43. The van der Waals surface area contributed by atoms with Gasteiger partial charge in [-0.3, -0.25) is 0 Å². The zero-order chi connectivity index (χ0) is 18.1. The molecule has 23 heavy (non-hydrogen) atoms. The Balaban J connectivity index is 5.71. The Hall–Kier alpha value is 0.976. The number of unbranched alkanes of at least 4 members (excludes halogenated alkanes) is 3. The Labute approximate surface area is 153 Å². The molecule has 0 aliphatic carbocycles. The molecule has 0 heterocycles. The van der Waals surface area contributed by atoms with Crippen LogP contribution in [0.15, 0.2) is 0 Å². The summed E-state index contributed by atoms with van der Waals surface area (Å²) in [6.45, 7) is 21.6. The van der Waals surface area contributed by atoms with Gasteiger partial charge < -0.3 is 0 Å². The van der Waals surface area contributed by atoms with Gasteiger partial charge in [-0.25, -0.2) is 0 Å². The maximum atomic E-state index is 6.99. The SMILES string of the molecule is CCC[CH2][Sn]([CH2]CCC)([CH2]CCC)[CH](O[Si](C)(C)C)C(C)(C)C. The number of rotatable bonds is 12. The molecule has 0 aliphatic rings. The molecule has 0 N–H and O–H groups in total. The molecule has 0 saturated carbocycles. The predicted molar refractivity (Wildman–Crippen MR) is 113 cm³/mol. The maximum absolute atomic E-state index is 6.99. The van der Waals surface area contributed by atoms with Gasteiger partial charge in [-0.1, -0.05) is 0 Å². The van der Waals surface area contributed by atoms with E-state index in [1.165, 1.54) is 38.5 Å². The van der Waals surface area contributed by atoms with Crippen molar-refractivity contribution in [3.8, 4) is 0 Å². The second-order valence-corrected chi connectivity index (χ2v) is 27.7. The predicted octanol–water partition coefficient (Wildman–Crippen LogP) is 7.64. The minimum atomic E-state index is -2.34. The van der Waals surface area contributed by atoms with E-state index >= 15 is 0 Å². The van der Waals surface area contributed by atoms with Crippen LogP contribution in [-0.2, 0) is 4.43 Å². The van der Waals surface area contributed by atoms with Crippen LogP contribution in [0.4, 0.5) is 0 Å².